The van der Waals surface area contributed by atoms with Crippen molar-refractivity contribution < 1.29 is 0 Å². The minimum Gasteiger partial charge on any atom is -0.378 e. The van der Waals surface area contributed by atoms with Gasteiger partial charge in [-0.2, -0.15) is 10.2 Å². The van der Waals surface area contributed by atoms with Gasteiger partial charge in [-0.1, -0.05) is 0 Å². The molecule has 20 heavy (non-hydrogen) atoms. The molecule has 0 saturated heterocycles. The van der Waals surface area contributed by atoms with Crippen molar-refractivity contribution in [3.8, 4) is 0 Å². The summed E-state index contributed by atoms with van der Waals surface area (Å²) >= 11 is 0. The van der Waals surface area contributed by atoms with Crippen molar-refractivity contribution in [1.82, 2.24) is 19.6 Å². The number of nitrogens with one attached hydrogen (secondary N) is 1. The van der Waals surface area contributed by atoms with Gasteiger partial charge < -0.3 is 5.32 Å². The summed E-state index contributed by atoms with van der Waals surface area (Å²) in [5.74, 6) is 0. The highest BCUT2D eigenvalue weighted by molar-refractivity contribution is 5.85. The van der Waals surface area contributed by atoms with Crippen molar-refractivity contribution in [3.05, 3.63) is 29.8 Å². The average molecular weight is 298 g/mol. The van der Waals surface area contributed by atoms with Crippen LogP contribution >= 0.6 is 12.4 Å². The van der Waals surface area contributed by atoms with E-state index < -0.39 is 0 Å². The first kappa shape index (κ1) is 16.6. The van der Waals surface area contributed by atoms with Crippen molar-refractivity contribution in [1.29, 1.82) is 0 Å². The molecule has 2 aromatic heterocycles. The van der Waals surface area contributed by atoms with Gasteiger partial charge in [-0.05, 0) is 34.6 Å². The second-order valence-electron chi connectivity index (χ2n) is 5.45. The van der Waals surface area contributed by atoms with Crippen LogP contribution in [0.25, 0.3) is 0 Å². The van der Waals surface area contributed by atoms with Gasteiger partial charge in [-0.3, -0.25) is 9.36 Å². The van der Waals surface area contributed by atoms with Crippen LogP contribution in [-0.2, 0) is 6.54 Å². The number of rotatable bonds is 5. The smallest absolute Gasteiger partial charge is 0.0729 e. The second kappa shape index (κ2) is 6.79. The molecule has 0 atom stereocenters. The van der Waals surface area contributed by atoms with Crippen LogP contribution in [0, 0.1) is 6.92 Å². The monoisotopic (exact) mass is 297 g/mol. The third-order valence-corrected chi connectivity index (χ3v) is 3.25. The predicted octanol–water partition coefficient (Wildman–Crippen LogP) is 3.58. The minimum absolute atomic E-state index is 0. The van der Waals surface area contributed by atoms with Crippen LogP contribution in [0.3, 0.4) is 0 Å². The summed E-state index contributed by atoms with van der Waals surface area (Å²) < 4.78 is 4.00. The van der Waals surface area contributed by atoms with E-state index in [9.17, 15) is 0 Å². The molecule has 0 aliphatic rings. The van der Waals surface area contributed by atoms with Crippen molar-refractivity contribution in [2.75, 3.05) is 5.32 Å². The number of hydrogen-bond acceptors (Lipinski definition) is 3. The molecule has 0 spiro atoms. The SMILES string of the molecule is Cc1c(CNc2cnn(C(C)C)c2)cnn1C(C)C.Cl. The lowest BCUT2D eigenvalue weighted by Gasteiger charge is -2.09. The Kier molecular flexibility index (Phi) is 5.62. The lowest BCUT2D eigenvalue weighted by molar-refractivity contribution is 0.518. The summed E-state index contributed by atoms with van der Waals surface area (Å²) in [6, 6.07) is 0.790. The van der Waals surface area contributed by atoms with E-state index in [1.807, 2.05) is 23.3 Å². The summed E-state index contributed by atoms with van der Waals surface area (Å²) in [5.41, 5.74) is 3.50. The van der Waals surface area contributed by atoms with Crippen molar-refractivity contribution in [3.63, 3.8) is 0 Å². The van der Waals surface area contributed by atoms with E-state index in [-0.39, 0.29) is 12.4 Å². The standard InChI is InChI=1S/C14H23N5.ClH/c1-10(2)18-9-14(8-16-18)15-6-13-7-17-19(11(3)4)12(13)5;/h7-11,15H,6H2,1-5H3;1H. The zero-order valence-corrected chi connectivity index (χ0v) is 13.6. The van der Waals surface area contributed by atoms with Gasteiger partial charge in [0, 0.05) is 36.1 Å². The summed E-state index contributed by atoms with van der Waals surface area (Å²) in [7, 11) is 0. The van der Waals surface area contributed by atoms with E-state index in [1.54, 1.807) is 0 Å². The summed E-state index contributed by atoms with van der Waals surface area (Å²) in [4.78, 5) is 0. The van der Waals surface area contributed by atoms with Gasteiger partial charge in [0.25, 0.3) is 0 Å². The molecule has 0 aliphatic carbocycles. The molecule has 2 rings (SSSR count). The summed E-state index contributed by atoms with van der Waals surface area (Å²) in [5, 5.41) is 12.1. The summed E-state index contributed by atoms with van der Waals surface area (Å²) in [6.45, 7) is 11.4. The Balaban J connectivity index is 0.00000200. The van der Waals surface area contributed by atoms with E-state index in [2.05, 4.69) is 54.8 Å². The van der Waals surface area contributed by atoms with E-state index in [1.165, 1.54) is 11.3 Å². The lowest BCUT2D eigenvalue weighted by Crippen LogP contribution is -2.06. The fourth-order valence-electron chi connectivity index (χ4n) is 2.06. The number of hydrogen-bond donors (Lipinski definition) is 1. The first-order valence-corrected chi connectivity index (χ1v) is 6.80. The Bertz CT molecular complexity index is 542. The molecule has 112 valence electrons. The molecular weight excluding hydrogens is 274 g/mol. The van der Waals surface area contributed by atoms with E-state index in [0.29, 0.717) is 12.1 Å². The Morgan fingerprint density at radius 3 is 2.30 bits per heavy atom. The largest absolute Gasteiger partial charge is 0.378 e. The molecule has 0 radical (unpaired) electrons. The predicted molar refractivity (Wildman–Crippen MR) is 84.5 cm³/mol. The second-order valence-corrected chi connectivity index (χ2v) is 5.45. The zero-order valence-electron chi connectivity index (χ0n) is 12.8. The van der Waals surface area contributed by atoms with E-state index >= 15 is 0 Å². The van der Waals surface area contributed by atoms with E-state index in [0.717, 1.165) is 12.2 Å². The van der Waals surface area contributed by atoms with Gasteiger partial charge in [-0.25, -0.2) is 0 Å². The average Bonchev–Trinajstić information content (AvgIpc) is 2.93. The molecule has 1 N–H and O–H groups in total. The van der Waals surface area contributed by atoms with Crippen molar-refractivity contribution in [2.45, 2.75) is 53.2 Å². The molecule has 6 heteroatoms. The molecule has 2 heterocycles. The molecule has 0 saturated carbocycles. The highest BCUT2D eigenvalue weighted by Crippen LogP contribution is 2.15. The first-order chi connectivity index (χ1) is 8.99. The quantitative estimate of drug-likeness (QED) is 0.917. The van der Waals surface area contributed by atoms with Crippen LogP contribution in [0.5, 0.6) is 0 Å². The highest BCUT2D eigenvalue weighted by atomic mass is 35.5. The maximum Gasteiger partial charge on any atom is 0.0729 e. The minimum atomic E-state index is 0. The highest BCUT2D eigenvalue weighted by Gasteiger charge is 2.09. The molecule has 0 aliphatic heterocycles. The molecule has 0 aromatic carbocycles. The molecular formula is C14H24ClN5. The fourth-order valence-corrected chi connectivity index (χ4v) is 2.06. The maximum absolute atomic E-state index is 4.42. The normalized spacial score (nSPS) is 10.9. The Labute approximate surface area is 126 Å². The van der Waals surface area contributed by atoms with Gasteiger partial charge in [0.15, 0.2) is 0 Å². The van der Waals surface area contributed by atoms with Crippen LogP contribution in [0.4, 0.5) is 5.69 Å². The van der Waals surface area contributed by atoms with Crippen LogP contribution in [-0.4, -0.2) is 19.6 Å². The Morgan fingerprint density at radius 2 is 1.80 bits per heavy atom. The number of aromatic nitrogens is 4. The van der Waals surface area contributed by atoms with Crippen LogP contribution in [0.15, 0.2) is 18.6 Å². The molecule has 5 nitrogen and oxygen atoms in total. The Hall–Kier alpha value is -1.49. The topological polar surface area (TPSA) is 47.7 Å². The molecule has 0 amide bonds. The number of halogens is 1. The first-order valence-electron chi connectivity index (χ1n) is 6.80. The van der Waals surface area contributed by atoms with Gasteiger partial charge in [-0.15, -0.1) is 12.4 Å². The van der Waals surface area contributed by atoms with Crippen LogP contribution in [0.2, 0.25) is 0 Å². The zero-order chi connectivity index (χ0) is 14.0. The van der Waals surface area contributed by atoms with E-state index in [4.69, 9.17) is 0 Å². The van der Waals surface area contributed by atoms with Gasteiger partial charge in [0.1, 0.15) is 0 Å². The molecule has 0 bridgehead atoms. The fraction of sp³-hybridized carbons (Fsp3) is 0.571. The van der Waals surface area contributed by atoms with Crippen LogP contribution in [0.1, 0.15) is 51.0 Å². The van der Waals surface area contributed by atoms with Gasteiger partial charge in [0.2, 0.25) is 0 Å². The summed E-state index contributed by atoms with van der Waals surface area (Å²) in [6.07, 6.45) is 5.84. The number of nitrogens with zero attached hydrogens (tertiary/aromatic N) is 4. The molecule has 2 aromatic rings. The third kappa shape index (κ3) is 3.54. The van der Waals surface area contributed by atoms with Gasteiger partial charge >= 0.3 is 0 Å². The van der Waals surface area contributed by atoms with Crippen LogP contribution < -0.4 is 5.32 Å². The molecule has 0 unspecified atom stereocenters. The molecule has 0 fully saturated rings. The lowest BCUT2D eigenvalue weighted by atomic mass is 10.2. The van der Waals surface area contributed by atoms with Crippen molar-refractivity contribution in [2.24, 2.45) is 0 Å². The number of anilines is 1. The Morgan fingerprint density at radius 1 is 1.10 bits per heavy atom. The van der Waals surface area contributed by atoms with Crippen molar-refractivity contribution >= 4 is 18.1 Å². The maximum atomic E-state index is 4.42. The third-order valence-electron chi connectivity index (χ3n) is 3.25. The van der Waals surface area contributed by atoms with Gasteiger partial charge in [0.05, 0.1) is 18.1 Å².